The highest BCUT2D eigenvalue weighted by atomic mass is 35.5. The molecule has 0 aromatic heterocycles. The van der Waals surface area contributed by atoms with Crippen molar-refractivity contribution in [2.45, 2.75) is 40.2 Å². The van der Waals surface area contributed by atoms with Crippen LogP contribution < -0.4 is 4.90 Å². The molecule has 0 aliphatic rings. The lowest BCUT2D eigenvalue weighted by molar-refractivity contribution is 0.0589. The Kier molecular flexibility index (Phi) is 4.28. The fraction of sp³-hybridized carbons (Fsp3) is 0.500. The minimum atomic E-state index is -0.505. The van der Waals surface area contributed by atoms with Crippen molar-refractivity contribution >= 4 is 23.4 Å². The smallest absolute Gasteiger partial charge is 0.414 e. The highest BCUT2D eigenvalue weighted by molar-refractivity contribution is 6.31. The molecular weight excluding hydrogens is 250 g/mol. The van der Waals surface area contributed by atoms with E-state index in [2.05, 4.69) is 0 Å². The number of anilines is 1. The van der Waals surface area contributed by atoms with Gasteiger partial charge in [-0.3, -0.25) is 4.90 Å². The number of nitrogens with zero attached hydrogens (tertiary/aromatic N) is 1. The molecule has 0 bridgehead atoms. The Morgan fingerprint density at radius 1 is 1.28 bits per heavy atom. The Labute approximate surface area is 114 Å². The summed E-state index contributed by atoms with van der Waals surface area (Å²) in [5.74, 6) is 0. The molecule has 0 saturated carbocycles. The zero-order chi connectivity index (χ0) is 14.1. The van der Waals surface area contributed by atoms with Gasteiger partial charge in [-0.25, -0.2) is 4.79 Å². The molecule has 18 heavy (non-hydrogen) atoms. The first-order valence-corrected chi connectivity index (χ1v) is 6.23. The van der Waals surface area contributed by atoms with E-state index in [1.54, 1.807) is 13.1 Å². The van der Waals surface area contributed by atoms with Gasteiger partial charge in [0, 0.05) is 17.8 Å². The van der Waals surface area contributed by atoms with Crippen molar-refractivity contribution in [1.29, 1.82) is 0 Å². The third kappa shape index (κ3) is 3.64. The number of benzene rings is 1. The molecule has 1 amide bonds. The van der Waals surface area contributed by atoms with E-state index >= 15 is 0 Å². The summed E-state index contributed by atoms with van der Waals surface area (Å²) in [5, 5.41) is 0.653. The molecule has 0 unspecified atom stereocenters. The molecule has 0 atom stereocenters. The number of amides is 1. The van der Waals surface area contributed by atoms with Crippen LogP contribution in [-0.4, -0.2) is 18.7 Å². The van der Waals surface area contributed by atoms with Crippen LogP contribution in [0.1, 0.15) is 31.9 Å². The number of carbonyl (C=O) groups excluding carboxylic acids is 1. The van der Waals surface area contributed by atoms with Crippen molar-refractivity contribution in [3.8, 4) is 0 Å². The first kappa shape index (κ1) is 14.8. The van der Waals surface area contributed by atoms with E-state index in [-0.39, 0.29) is 6.09 Å². The van der Waals surface area contributed by atoms with Crippen LogP contribution in [-0.2, 0) is 4.74 Å². The monoisotopic (exact) mass is 269 g/mol. The molecule has 0 spiro atoms. The summed E-state index contributed by atoms with van der Waals surface area (Å²) in [7, 11) is 1.68. The van der Waals surface area contributed by atoms with Crippen LogP contribution >= 0.6 is 11.6 Å². The first-order chi connectivity index (χ1) is 8.11. The molecule has 3 nitrogen and oxygen atoms in total. The number of halogens is 1. The van der Waals surface area contributed by atoms with Crippen molar-refractivity contribution in [2.75, 3.05) is 11.9 Å². The summed E-state index contributed by atoms with van der Waals surface area (Å²) in [4.78, 5) is 13.4. The second-order valence-electron chi connectivity index (χ2n) is 5.41. The summed E-state index contributed by atoms with van der Waals surface area (Å²) >= 11 is 6.12. The lowest BCUT2D eigenvalue weighted by Crippen LogP contribution is -2.34. The highest BCUT2D eigenvalue weighted by Crippen LogP contribution is 2.26. The standard InChI is InChI=1S/C14H20ClNO2/c1-9-7-11(8-12(15)10(9)2)16(6)13(17)18-14(3,4)5/h7-8H,1-6H3. The number of rotatable bonds is 1. The average molecular weight is 270 g/mol. The van der Waals surface area contributed by atoms with Gasteiger partial charge >= 0.3 is 6.09 Å². The predicted octanol–water partition coefficient (Wildman–Crippen LogP) is 4.33. The maximum absolute atomic E-state index is 11.9. The topological polar surface area (TPSA) is 29.5 Å². The zero-order valence-electron chi connectivity index (χ0n) is 11.8. The second-order valence-corrected chi connectivity index (χ2v) is 5.82. The molecule has 0 saturated heterocycles. The Morgan fingerprint density at radius 3 is 2.28 bits per heavy atom. The Balaban J connectivity index is 2.97. The van der Waals surface area contributed by atoms with E-state index in [9.17, 15) is 4.79 Å². The van der Waals surface area contributed by atoms with Crippen LogP contribution in [0, 0.1) is 13.8 Å². The third-order valence-corrected chi connectivity index (χ3v) is 3.04. The van der Waals surface area contributed by atoms with Crippen LogP contribution in [0.15, 0.2) is 12.1 Å². The highest BCUT2D eigenvalue weighted by Gasteiger charge is 2.21. The van der Waals surface area contributed by atoms with Gasteiger partial charge in [0.25, 0.3) is 0 Å². The third-order valence-electron chi connectivity index (χ3n) is 2.64. The number of ether oxygens (including phenoxy) is 1. The van der Waals surface area contributed by atoms with Gasteiger partial charge < -0.3 is 4.74 Å². The number of carbonyl (C=O) groups is 1. The SMILES string of the molecule is Cc1cc(N(C)C(=O)OC(C)(C)C)cc(Cl)c1C. The van der Waals surface area contributed by atoms with Crippen molar-refractivity contribution in [3.63, 3.8) is 0 Å². The molecule has 0 aliphatic carbocycles. The quantitative estimate of drug-likeness (QED) is 0.759. The van der Waals surface area contributed by atoms with E-state index in [1.165, 1.54) is 4.90 Å². The van der Waals surface area contributed by atoms with Crippen molar-refractivity contribution < 1.29 is 9.53 Å². The number of hydrogen-bond acceptors (Lipinski definition) is 2. The fourth-order valence-corrected chi connectivity index (χ4v) is 1.69. The lowest BCUT2D eigenvalue weighted by atomic mass is 10.1. The summed E-state index contributed by atoms with van der Waals surface area (Å²) in [6, 6.07) is 3.69. The molecule has 1 aromatic carbocycles. The molecule has 0 heterocycles. The van der Waals surface area contributed by atoms with Gasteiger partial charge in [-0.05, 0) is 57.9 Å². The van der Waals surface area contributed by atoms with E-state index < -0.39 is 5.60 Å². The Hall–Kier alpha value is -1.22. The molecule has 0 aliphatic heterocycles. The summed E-state index contributed by atoms with van der Waals surface area (Å²) in [6.07, 6.45) is -0.387. The van der Waals surface area contributed by atoms with Crippen molar-refractivity contribution in [3.05, 3.63) is 28.3 Å². The van der Waals surface area contributed by atoms with Gasteiger partial charge in [-0.2, -0.15) is 0 Å². The van der Waals surface area contributed by atoms with Gasteiger partial charge in [0.15, 0.2) is 0 Å². The van der Waals surface area contributed by atoms with E-state index in [0.29, 0.717) is 5.02 Å². The van der Waals surface area contributed by atoms with Gasteiger partial charge in [0.05, 0.1) is 0 Å². The van der Waals surface area contributed by atoms with Crippen molar-refractivity contribution in [2.24, 2.45) is 0 Å². The van der Waals surface area contributed by atoms with E-state index in [1.807, 2.05) is 40.7 Å². The molecule has 0 fully saturated rings. The first-order valence-electron chi connectivity index (χ1n) is 5.85. The second kappa shape index (κ2) is 5.19. The van der Waals surface area contributed by atoms with Crippen LogP contribution in [0.4, 0.5) is 10.5 Å². The number of hydrogen-bond donors (Lipinski definition) is 0. The van der Waals surface area contributed by atoms with Gasteiger partial charge in [0.1, 0.15) is 5.60 Å². The van der Waals surface area contributed by atoms with E-state index in [4.69, 9.17) is 16.3 Å². The molecule has 1 rings (SSSR count). The molecule has 4 heteroatoms. The summed E-state index contributed by atoms with van der Waals surface area (Å²) < 4.78 is 5.31. The van der Waals surface area contributed by atoms with Crippen LogP contribution in [0.25, 0.3) is 0 Å². The minimum Gasteiger partial charge on any atom is -0.443 e. The lowest BCUT2D eigenvalue weighted by Gasteiger charge is -2.25. The molecule has 0 radical (unpaired) electrons. The minimum absolute atomic E-state index is 0.387. The van der Waals surface area contributed by atoms with Crippen LogP contribution in [0.5, 0.6) is 0 Å². The molecule has 100 valence electrons. The fourth-order valence-electron chi connectivity index (χ4n) is 1.43. The Morgan fingerprint density at radius 2 is 1.83 bits per heavy atom. The van der Waals surface area contributed by atoms with Gasteiger partial charge in [0.2, 0.25) is 0 Å². The number of aryl methyl sites for hydroxylation is 1. The average Bonchev–Trinajstić information content (AvgIpc) is 2.21. The molecular formula is C14H20ClNO2. The Bertz CT molecular complexity index is 440. The normalized spacial score (nSPS) is 11.3. The predicted molar refractivity (Wildman–Crippen MR) is 75.6 cm³/mol. The molecule has 0 N–H and O–H groups in total. The van der Waals surface area contributed by atoms with Gasteiger partial charge in [-0.1, -0.05) is 11.6 Å². The van der Waals surface area contributed by atoms with Gasteiger partial charge in [-0.15, -0.1) is 0 Å². The maximum Gasteiger partial charge on any atom is 0.414 e. The maximum atomic E-state index is 11.9. The van der Waals surface area contributed by atoms with Crippen molar-refractivity contribution in [1.82, 2.24) is 0 Å². The van der Waals surface area contributed by atoms with Crippen LogP contribution in [0.3, 0.4) is 0 Å². The zero-order valence-corrected chi connectivity index (χ0v) is 12.6. The molecule has 1 aromatic rings. The largest absolute Gasteiger partial charge is 0.443 e. The summed E-state index contributed by atoms with van der Waals surface area (Å²) in [5.41, 5.74) is 2.30. The van der Waals surface area contributed by atoms with Crippen LogP contribution in [0.2, 0.25) is 5.02 Å². The summed E-state index contributed by atoms with van der Waals surface area (Å²) in [6.45, 7) is 9.44. The van der Waals surface area contributed by atoms with E-state index in [0.717, 1.165) is 16.8 Å².